The maximum absolute atomic E-state index is 6.44. The summed E-state index contributed by atoms with van der Waals surface area (Å²) >= 11 is 1.87. The largest absolute Gasteiger partial charge is 0.456 e. The number of para-hydroxylation sites is 1. The minimum atomic E-state index is 0.869. The molecule has 2 nitrogen and oxygen atoms in total. The van der Waals surface area contributed by atoms with E-state index < -0.39 is 0 Å². The first-order chi connectivity index (χ1) is 29.3. The van der Waals surface area contributed by atoms with Gasteiger partial charge in [-0.15, -0.1) is 11.3 Å². The lowest BCUT2D eigenvalue weighted by molar-refractivity contribution is 0.669. The Morgan fingerprint density at radius 3 is 1.54 bits per heavy atom. The van der Waals surface area contributed by atoms with Crippen LogP contribution >= 0.6 is 11.3 Å². The van der Waals surface area contributed by atoms with Crippen LogP contribution < -0.4 is 4.90 Å². The monoisotopic (exact) mass is 769 g/mol. The minimum Gasteiger partial charge on any atom is -0.456 e. The van der Waals surface area contributed by atoms with Crippen molar-refractivity contribution in [2.45, 2.75) is 0 Å². The second kappa shape index (κ2) is 13.6. The smallest absolute Gasteiger partial charge is 0.137 e. The Morgan fingerprint density at radius 2 is 0.847 bits per heavy atom. The molecule has 12 aromatic rings. The number of rotatable bonds is 6. The van der Waals surface area contributed by atoms with E-state index in [1.165, 1.54) is 75.1 Å². The highest BCUT2D eigenvalue weighted by Crippen LogP contribution is 2.47. The normalized spacial score (nSPS) is 11.7. The van der Waals surface area contributed by atoms with Crippen molar-refractivity contribution in [2.24, 2.45) is 0 Å². The topological polar surface area (TPSA) is 16.4 Å². The minimum absolute atomic E-state index is 0.869. The van der Waals surface area contributed by atoms with E-state index >= 15 is 0 Å². The quantitative estimate of drug-likeness (QED) is 0.157. The Labute approximate surface area is 345 Å². The number of anilines is 3. The number of nitrogens with zero attached hydrogens (tertiary/aromatic N) is 1. The van der Waals surface area contributed by atoms with Crippen LogP contribution in [-0.2, 0) is 0 Å². The molecule has 2 heterocycles. The molecule has 0 aliphatic rings. The Kier molecular flexibility index (Phi) is 7.75. The van der Waals surface area contributed by atoms with Crippen molar-refractivity contribution < 1.29 is 4.42 Å². The molecule has 12 rings (SSSR count). The average Bonchev–Trinajstić information content (AvgIpc) is 3.89. The third-order valence-electron chi connectivity index (χ3n) is 11.9. The summed E-state index contributed by atoms with van der Waals surface area (Å²) in [6, 6.07) is 76.9. The lowest BCUT2D eigenvalue weighted by atomic mass is 9.85. The van der Waals surface area contributed by atoms with Crippen molar-refractivity contribution in [3.8, 4) is 33.4 Å². The second-order valence-electron chi connectivity index (χ2n) is 15.2. The molecule has 0 amide bonds. The summed E-state index contributed by atoms with van der Waals surface area (Å²) in [5.41, 5.74) is 12.3. The van der Waals surface area contributed by atoms with Gasteiger partial charge >= 0.3 is 0 Å². The van der Waals surface area contributed by atoms with Gasteiger partial charge in [-0.25, -0.2) is 0 Å². The molecule has 0 radical (unpaired) electrons. The molecule has 59 heavy (non-hydrogen) atoms. The van der Waals surface area contributed by atoms with E-state index in [0.29, 0.717) is 0 Å². The molecule has 0 N–H and O–H groups in total. The van der Waals surface area contributed by atoms with Crippen molar-refractivity contribution >= 4 is 92.1 Å². The maximum Gasteiger partial charge on any atom is 0.137 e. The van der Waals surface area contributed by atoms with Gasteiger partial charge in [0, 0.05) is 36.9 Å². The molecule has 0 aliphatic heterocycles. The van der Waals surface area contributed by atoms with E-state index in [4.69, 9.17) is 4.42 Å². The first kappa shape index (κ1) is 33.7. The van der Waals surface area contributed by atoms with Gasteiger partial charge in [-0.3, -0.25) is 0 Å². The van der Waals surface area contributed by atoms with Gasteiger partial charge in [-0.1, -0.05) is 164 Å². The predicted octanol–water partition coefficient (Wildman–Crippen LogP) is 16.7. The van der Waals surface area contributed by atoms with Gasteiger partial charge in [0.05, 0.1) is 11.1 Å². The molecule has 3 heteroatoms. The zero-order valence-electron chi connectivity index (χ0n) is 32.0. The van der Waals surface area contributed by atoms with Crippen LogP contribution in [0.15, 0.2) is 217 Å². The molecule has 0 spiro atoms. The molecule has 0 atom stereocenters. The number of fused-ring (bicyclic) bond motifs is 9. The van der Waals surface area contributed by atoms with Crippen molar-refractivity contribution in [3.05, 3.63) is 212 Å². The number of hydrogen-bond acceptors (Lipinski definition) is 3. The fourth-order valence-electron chi connectivity index (χ4n) is 9.26. The third-order valence-corrected chi connectivity index (χ3v) is 13.1. The van der Waals surface area contributed by atoms with Crippen LogP contribution in [0.1, 0.15) is 0 Å². The predicted molar refractivity (Wildman–Crippen MR) is 253 cm³/mol. The molecule has 0 aliphatic carbocycles. The third kappa shape index (κ3) is 5.40. The fourth-order valence-corrected chi connectivity index (χ4v) is 10.5. The molecule has 2 aromatic heterocycles. The fraction of sp³-hybridized carbons (Fsp3) is 0. The molecule has 0 unspecified atom stereocenters. The number of hydrogen-bond donors (Lipinski definition) is 0. The maximum atomic E-state index is 6.44. The average molecular weight is 770 g/mol. The second-order valence-corrected chi connectivity index (χ2v) is 16.2. The summed E-state index contributed by atoms with van der Waals surface area (Å²) in [4.78, 5) is 2.38. The molecule has 276 valence electrons. The zero-order chi connectivity index (χ0) is 38.9. The van der Waals surface area contributed by atoms with Crippen LogP contribution in [0.5, 0.6) is 0 Å². The van der Waals surface area contributed by atoms with E-state index in [1.54, 1.807) is 0 Å². The Morgan fingerprint density at radius 1 is 0.339 bits per heavy atom. The van der Waals surface area contributed by atoms with Gasteiger partial charge < -0.3 is 9.32 Å². The van der Waals surface area contributed by atoms with Crippen molar-refractivity contribution in [2.75, 3.05) is 4.90 Å². The van der Waals surface area contributed by atoms with Gasteiger partial charge in [-0.2, -0.15) is 0 Å². The van der Waals surface area contributed by atoms with Gasteiger partial charge in [0.1, 0.15) is 11.2 Å². The van der Waals surface area contributed by atoms with Gasteiger partial charge in [0.15, 0.2) is 0 Å². The lowest BCUT2D eigenvalue weighted by Gasteiger charge is -2.27. The van der Waals surface area contributed by atoms with Crippen molar-refractivity contribution in [3.63, 3.8) is 0 Å². The van der Waals surface area contributed by atoms with Crippen LogP contribution in [0.4, 0.5) is 17.1 Å². The lowest BCUT2D eigenvalue weighted by Crippen LogP contribution is -2.10. The zero-order valence-corrected chi connectivity index (χ0v) is 32.8. The summed E-state index contributed by atoms with van der Waals surface area (Å²) in [7, 11) is 0. The van der Waals surface area contributed by atoms with Crippen LogP contribution in [0.3, 0.4) is 0 Å². The highest BCUT2D eigenvalue weighted by atomic mass is 32.1. The first-order valence-electron chi connectivity index (χ1n) is 20.1. The summed E-state index contributed by atoms with van der Waals surface area (Å²) in [6.07, 6.45) is 0. The van der Waals surface area contributed by atoms with E-state index in [9.17, 15) is 0 Å². The van der Waals surface area contributed by atoms with Crippen molar-refractivity contribution in [1.82, 2.24) is 0 Å². The molecular weight excluding hydrogens is 735 g/mol. The first-order valence-corrected chi connectivity index (χ1v) is 20.9. The Balaban J connectivity index is 1.05. The highest BCUT2D eigenvalue weighted by molar-refractivity contribution is 7.26. The summed E-state index contributed by atoms with van der Waals surface area (Å²) in [6.45, 7) is 0. The Hall–Kier alpha value is -7.46. The van der Waals surface area contributed by atoms with Crippen molar-refractivity contribution in [1.29, 1.82) is 0 Å². The van der Waals surface area contributed by atoms with E-state index in [0.717, 1.165) is 39.0 Å². The van der Waals surface area contributed by atoms with Crippen LogP contribution in [0, 0.1) is 0 Å². The molecule has 0 saturated heterocycles. The van der Waals surface area contributed by atoms with Crippen LogP contribution in [0.2, 0.25) is 0 Å². The molecule has 0 saturated carbocycles. The van der Waals surface area contributed by atoms with Crippen LogP contribution in [-0.4, -0.2) is 0 Å². The number of furan rings is 1. The van der Waals surface area contributed by atoms with E-state index in [2.05, 4.69) is 211 Å². The molecule has 10 aromatic carbocycles. The molecular formula is C56H35NOS. The van der Waals surface area contributed by atoms with Gasteiger partial charge in [0.2, 0.25) is 0 Å². The summed E-state index contributed by atoms with van der Waals surface area (Å²) < 4.78 is 9.07. The molecule has 0 fully saturated rings. The molecule has 0 bridgehead atoms. The van der Waals surface area contributed by atoms with E-state index in [-0.39, 0.29) is 0 Å². The number of thiophene rings is 1. The van der Waals surface area contributed by atoms with E-state index in [1.807, 2.05) is 17.4 Å². The SMILES string of the molecule is c1ccc(-c2c(-c3ccc(N(c4ccc(-c5cccc6c5sc5ccccc56)cc4)c4cccc5oc6ccccc6c45)cc3)c3ccccc3c3ccccc23)cc1. The summed E-state index contributed by atoms with van der Waals surface area (Å²) in [5, 5.41) is 9.84. The van der Waals surface area contributed by atoms with Gasteiger partial charge in [-0.05, 0) is 103 Å². The highest BCUT2D eigenvalue weighted by Gasteiger charge is 2.22. The number of benzene rings is 10. The van der Waals surface area contributed by atoms with Crippen LogP contribution in [0.25, 0.3) is 97.0 Å². The summed E-state index contributed by atoms with van der Waals surface area (Å²) in [5.74, 6) is 0. The standard InChI is InChI=1S/C56H35NOS/c1-2-14-37(15-3-1)53-45-19-6-4-16-42(45)43-17-5-7-20-46(43)54(53)38-30-34-40(35-31-38)57(49-24-13-26-51-55(49)48-21-8-10-25-50(48)58-51)39-32-28-36(29-33-39)41-22-12-23-47-44-18-9-11-27-52(44)59-56(41)47/h1-35H. The van der Waals surface area contributed by atoms with Gasteiger partial charge in [0.25, 0.3) is 0 Å². The Bertz CT molecular complexity index is 3540.